The highest BCUT2D eigenvalue weighted by atomic mass is 16.4. The van der Waals surface area contributed by atoms with Gasteiger partial charge < -0.3 is 21.9 Å². The lowest BCUT2D eigenvalue weighted by Crippen LogP contribution is -2.44. The molecule has 0 bridgehead atoms. The minimum Gasteiger partial charge on any atom is -0.481 e. The lowest BCUT2D eigenvalue weighted by molar-refractivity contribution is -0.142. The Hall–Kier alpha value is -1.14. The van der Waals surface area contributed by atoms with Crippen LogP contribution in [0, 0.1) is 11.8 Å². The molecule has 6 N–H and O–H groups in total. The molecule has 4 atom stereocenters. The Morgan fingerprint density at radius 3 is 2.47 bits per heavy atom. The van der Waals surface area contributed by atoms with Gasteiger partial charge in [0.2, 0.25) is 5.91 Å². The number of carboxylic acids is 1. The monoisotopic (exact) mass is 215 g/mol. The molecule has 1 rings (SSSR count). The van der Waals surface area contributed by atoms with Gasteiger partial charge in [0.1, 0.15) is 0 Å². The lowest BCUT2D eigenvalue weighted by Gasteiger charge is -2.20. The molecular formula is C9H17N3O3. The summed E-state index contributed by atoms with van der Waals surface area (Å²) in [5.41, 5.74) is 11.6. The topological polar surface area (TPSA) is 118 Å². The van der Waals surface area contributed by atoms with E-state index in [0.29, 0.717) is 13.0 Å². The number of carboxylic acid groups (broad SMARTS) is 1. The predicted octanol–water partition coefficient (Wildman–Crippen LogP) is -1.50. The van der Waals surface area contributed by atoms with Crippen molar-refractivity contribution in [2.24, 2.45) is 23.3 Å². The van der Waals surface area contributed by atoms with Crippen molar-refractivity contribution in [2.45, 2.75) is 25.4 Å². The fourth-order valence-electron chi connectivity index (χ4n) is 2.02. The number of nitrogens with one attached hydrogen (secondary N) is 1. The van der Waals surface area contributed by atoms with Crippen molar-refractivity contribution in [3.63, 3.8) is 0 Å². The van der Waals surface area contributed by atoms with Crippen LogP contribution in [0.15, 0.2) is 0 Å². The second-order valence-corrected chi connectivity index (χ2v) is 4.02. The third kappa shape index (κ3) is 2.66. The maximum absolute atomic E-state index is 10.8. The van der Waals surface area contributed by atoms with E-state index in [4.69, 9.17) is 16.6 Å². The van der Waals surface area contributed by atoms with E-state index in [1.165, 1.54) is 6.92 Å². The molecule has 0 saturated heterocycles. The van der Waals surface area contributed by atoms with Gasteiger partial charge in [-0.2, -0.15) is 0 Å². The molecule has 15 heavy (non-hydrogen) atoms. The molecule has 0 aromatic carbocycles. The molecule has 1 saturated carbocycles. The van der Waals surface area contributed by atoms with Gasteiger partial charge in [-0.05, 0) is 6.42 Å². The summed E-state index contributed by atoms with van der Waals surface area (Å²) in [4.78, 5) is 21.5. The molecule has 1 fully saturated rings. The predicted molar refractivity (Wildman–Crippen MR) is 53.9 cm³/mol. The van der Waals surface area contributed by atoms with E-state index in [9.17, 15) is 9.59 Å². The van der Waals surface area contributed by atoms with Crippen LogP contribution in [0.4, 0.5) is 0 Å². The second-order valence-electron chi connectivity index (χ2n) is 4.02. The zero-order valence-electron chi connectivity index (χ0n) is 8.64. The number of amides is 1. The van der Waals surface area contributed by atoms with Crippen LogP contribution in [-0.4, -0.2) is 35.6 Å². The van der Waals surface area contributed by atoms with E-state index in [1.807, 2.05) is 0 Å². The van der Waals surface area contributed by atoms with Gasteiger partial charge in [-0.3, -0.25) is 9.59 Å². The molecule has 6 nitrogen and oxygen atoms in total. The van der Waals surface area contributed by atoms with Gasteiger partial charge in [-0.25, -0.2) is 0 Å². The molecule has 0 aromatic heterocycles. The van der Waals surface area contributed by atoms with E-state index >= 15 is 0 Å². The SMILES string of the molecule is CC(=O)NC[C@H]1[C@H](N)[C@@H](C(=O)O)C[C@H]1N. The van der Waals surface area contributed by atoms with Crippen molar-refractivity contribution in [1.82, 2.24) is 5.32 Å². The Morgan fingerprint density at radius 2 is 2.07 bits per heavy atom. The first-order chi connectivity index (χ1) is 6.93. The maximum Gasteiger partial charge on any atom is 0.308 e. The average Bonchev–Trinajstić information content (AvgIpc) is 2.39. The summed E-state index contributed by atoms with van der Waals surface area (Å²) in [5.74, 6) is -1.83. The molecule has 0 aliphatic heterocycles. The normalized spacial score (nSPS) is 35.1. The highest BCUT2D eigenvalue weighted by molar-refractivity contribution is 5.73. The van der Waals surface area contributed by atoms with Crippen LogP contribution in [0.1, 0.15) is 13.3 Å². The Kier molecular flexibility index (Phi) is 3.65. The summed E-state index contributed by atoms with van der Waals surface area (Å²) in [7, 11) is 0. The first-order valence-electron chi connectivity index (χ1n) is 4.92. The number of hydrogen-bond acceptors (Lipinski definition) is 4. The summed E-state index contributed by atoms with van der Waals surface area (Å²) < 4.78 is 0. The summed E-state index contributed by atoms with van der Waals surface area (Å²) in [6, 6.07) is -0.739. The quantitative estimate of drug-likeness (QED) is 0.457. The van der Waals surface area contributed by atoms with Gasteiger partial charge in [0.05, 0.1) is 5.92 Å². The Bertz CT molecular complexity index is 269. The summed E-state index contributed by atoms with van der Waals surface area (Å²) >= 11 is 0. The number of hydrogen-bond donors (Lipinski definition) is 4. The van der Waals surface area contributed by atoms with Crippen LogP contribution >= 0.6 is 0 Å². The van der Waals surface area contributed by atoms with Gasteiger partial charge in [-0.1, -0.05) is 0 Å². The molecule has 86 valence electrons. The molecular weight excluding hydrogens is 198 g/mol. The smallest absolute Gasteiger partial charge is 0.308 e. The minimum absolute atomic E-state index is 0.157. The first-order valence-corrected chi connectivity index (χ1v) is 4.92. The van der Waals surface area contributed by atoms with Crippen molar-refractivity contribution in [2.75, 3.05) is 6.54 Å². The second kappa shape index (κ2) is 4.59. The van der Waals surface area contributed by atoms with Crippen molar-refractivity contribution < 1.29 is 14.7 Å². The van der Waals surface area contributed by atoms with Crippen LogP contribution < -0.4 is 16.8 Å². The highest BCUT2D eigenvalue weighted by Gasteiger charge is 2.42. The van der Waals surface area contributed by atoms with Gasteiger partial charge in [-0.15, -0.1) is 0 Å². The molecule has 0 radical (unpaired) electrons. The standard InChI is InChI=1S/C9H17N3O3/c1-4(13)12-3-6-7(10)2-5(8(6)11)9(14)15/h5-8H,2-3,10-11H2,1H3,(H,12,13)(H,14,15)/t5-,6+,7+,8+/m0/s1. The average molecular weight is 215 g/mol. The largest absolute Gasteiger partial charge is 0.481 e. The van der Waals surface area contributed by atoms with Gasteiger partial charge >= 0.3 is 5.97 Å². The van der Waals surface area contributed by atoms with E-state index in [2.05, 4.69) is 5.32 Å². The summed E-state index contributed by atoms with van der Waals surface area (Å²) in [6.45, 7) is 1.75. The Labute approximate surface area is 88.0 Å². The third-order valence-electron chi connectivity index (χ3n) is 2.94. The number of carbonyl (C=O) groups is 2. The molecule has 0 aromatic rings. The first kappa shape index (κ1) is 11.9. The van der Waals surface area contributed by atoms with E-state index < -0.39 is 17.9 Å². The summed E-state index contributed by atoms with van der Waals surface area (Å²) in [5, 5.41) is 11.5. The number of nitrogens with two attached hydrogens (primary N) is 2. The molecule has 0 unspecified atom stereocenters. The van der Waals surface area contributed by atoms with E-state index in [1.54, 1.807) is 0 Å². The zero-order valence-corrected chi connectivity index (χ0v) is 8.64. The van der Waals surface area contributed by atoms with E-state index in [-0.39, 0.29) is 17.9 Å². The highest BCUT2D eigenvalue weighted by Crippen LogP contribution is 2.28. The van der Waals surface area contributed by atoms with Crippen LogP contribution in [0.5, 0.6) is 0 Å². The van der Waals surface area contributed by atoms with Crippen molar-refractivity contribution in [3.8, 4) is 0 Å². The fourth-order valence-corrected chi connectivity index (χ4v) is 2.02. The number of rotatable bonds is 3. The molecule has 1 aliphatic carbocycles. The number of aliphatic carboxylic acids is 1. The van der Waals surface area contributed by atoms with Gasteiger partial charge in [0.25, 0.3) is 0 Å². The Balaban J connectivity index is 2.58. The molecule has 6 heteroatoms. The van der Waals surface area contributed by atoms with Crippen LogP contribution in [0.25, 0.3) is 0 Å². The van der Waals surface area contributed by atoms with Crippen LogP contribution in [0.2, 0.25) is 0 Å². The Morgan fingerprint density at radius 1 is 1.47 bits per heavy atom. The van der Waals surface area contributed by atoms with Crippen LogP contribution in [0.3, 0.4) is 0 Å². The summed E-state index contributed by atoms with van der Waals surface area (Å²) in [6.07, 6.45) is 0.376. The van der Waals surface area contributed by atoms with Gasteiger partial charge in [0, 0.05) is 31.5 Å². The van der Waals surface area contributed by atoms with Crippen molar-refractivity contribution in [1.29, 1.82) is 0 Å². The minimum atomic E-state index is -0.914. The third-order valence-corrected chi connectivity index (χ3v) is 2.94. The molecule has 1 aliphatic rings. The van der Waals surface area contributed by atoms with E-state index in [0.717, 1.165) is 0 Å². The molecule has 0 spiro atoms. The lowest BCUT2D eigenvalue weighted by atomic mass is 9.97. The van der Waals surface area contributed by atoms with Crippen LogP contribution in [-0.2, 0) is 9.59 Å². The van der Waals surface area contributed by atoms with Crippen molar-refractivity contribution in [3.05, 3.63) is 0 Å². The van der Waals surface area contributed by atoms with Crippen molar-refractivity contribution >= 4 is 11.9 Å². The zero-order chi connectivity index (χ0) is 11.6. The van der Waals surface area contributed by atoms with Gasteiger partial charge in [0.15, 0.2) is 0 Å². The maximum atomic E-state index is 10.8. The molecule has 1 amide bonds. The molecule has 0 heterocycles. The number of carbonyl (C=O) groups excluding carboxylic acids is 1. The fraction of sp³-hybridized carbons (Fsp3) is 0.778.